The number of nitrogens with one attached hydrogen (secondary N) is 1. The van der Waals surface area contributed by atoms with Crippen molar-refractivity contribution in [3.8, 4) is 5.75 Å². The van der Waals surface area contributed by atoms with Gasteiger partial charge in [-0.1, -0.05) is 13.0 Å². The molecule has 0 saturated carbocycles. The Kier molecular flexibility index (Phi) is 5.01. The molecule has 0 radical (unpaired) electrons. The van der Waals surface area contributed by atoms with Gasteiger partial charge in [-0.2, -0.15) is 0 Å². The normalized spacial score (nSPS) is 11.6. The van der Waals surface area contributed by atoms with E-state index in [1.54, 1.807) is 0 Å². The van der Waals surface area contributed by atoms with Crippen molar-refractivity contribution in [1.29, 1.82) is 0 Å². The molecule has 96 valence electrons. The zero-order valence-electron chi connectivity index (χ0n) is 11.8. The third-order valence-corrected chi connectivity index (χ3v) is 3.05. The van der Waals surface area contributed by atoms with E-state index in [-0.39, 0.29) is 5.54 Å². The van der Waals surface area contributed by atoms with Crippen LogP contribution in [0.2, 0.25) is 0 Å². The van der Waals surface area contributed by atoms with Gasteiger partial charge in [-0.25, -0.2) is 0 Å². The Morgan fingerprint density at radius 1 is 1.12 bits per heavy atom. The monoisotopic (exact) mass is 235 g/mol. The molecular weight excluding hydrogens is 210 g/mol. The van der Waals surface area contributed by atoms with Crippen LogP contribution in [0.1, 0.15) is 38.3 Å². The summed E-state index contributed by atoms with van der Waals surface area (Å²) in [6, 6.07) is 6.32. The highest BCUT2D eigenvalue weighted by atomic mass is 16.5. The zero-order chi connectivity index (χ0) is 12.9. The van der Waals surface area contributed by atoms with Crippen molar-refractivity contribution in [3.05, 3.63) is 29.3 Å². The maximum Gasteiger partial charge on any atom is 0.119 e. The van der Waals surface area contributed by atoms with Gasteiger partial charge in [0.1, 0.15) is 12.4 Å². The molecule has 17 heavy (non-hydrogen) atoms. The lowest BCUT2D eigenvalue weighted by molar-refractivity contribution is 0.280. The average Bonchev–Trinajstić information content (AvgIpc) is 2.23. The molecule has 0 heterocycles. The van der Waals surface area contributed by atoms with Crippen molar-refractivity contribution in [3.63, 3.8) is 0 Å². The van der Waals surface area contributed by atoms with Crippen molar-refractivity contribution in [2.24, 2.45) is 0 Å². The van der Waals surface area contributed by atoms with Gasteiger partial charge in [0, 0.05) is 12.1 Å². The molecule has 0 aromatic heterocycles. The Labute approximate surface area is 105 Å². The van der Waals surface area contributed by atoms with Gasteiger partial charge >= 0.3 is 0 Å². The summed E-state index contributed by atoms with van der Waals surface area (Å²) in [6.45, 7) is 12.4. The first kappa shape index (κ1) is 14.0. The van der Waals surface area contributed by atoms with Gasteiger partial charge in [0.2, 0.25) is 0 Å². The van der Waals surface area contributed by atoms with Gasteiger partial charge in [-0.05, 0) is 57.4 Å². The number of rotatable bonds is 6. The highest BCUT2D eigenvalue weighted by Crippen LogP contribution is 2.16. The van der Waals surface area contributed by atoms with Crippen LogP contribution in [0.25, 0.3) is 0 Å². The second kappa shape index (κ2) is 6.06. The van der Waals surface area contributed by atoms with Crippen molar-refractivity contribution in [1.82, 2.24) is 5.32 Å². The summed E-state index contributed by atoms with van der Waals surface area (Å²) >= 11 is 0. The summed E-state index contributed by atoms with van der Waals surface area (Å²) in [4.78, 5) is 0. The van der Waals surface area contributed by atoms with Crippen LogP contribution >= 0.6 is 0 Å². The van der Waals surface area contributed by atoms with Gasteiger partial charge in [-0.15, -0.1) is 0 Å². The van der Waals surface area contributed by atoms with E-state index in [0.29, 0.717) is 6.61 Å². The first-order valence-corrected chi connectivity index (χ1v) is 6.39. The van der Waals surface area contributed by atoms with Gasteiger partial charge in [-0.3, -0.25) is 0 Å². The minimum atomic E-state index is 0.200. The van der Waals surface area contributed by atoms with Crippen LogP contribution in [-0.4, -0.2) is 18.7 Å². The first-order chi connectivity index (χ1) is 7.93. The summed E-state index contributed by atoms with van der Waals surface area (Å²) in [5, 5.41) is 3.48. The van der Waals surface area contributed by atoms with Crippen LogP contribution < -0.4 is 10.1 Å². The fourth-order valence-corrected chi connectivity index (χ4v) is 1.70. The number of ether oxygens (including phenoxy) is 1. The molecule has 0 saturated heterocycles. The van der Waals surface area contributed by atoms with Crippen LogP contribution in [0.5, 0.6) is 5.75 Å². The Bertz CT molecular complexity index is 338. The van der Waals surface area contributed by atoms with E-state index in [1.807, 2.05) is 0 Å². The molecule has 0 bridgehead atoms. The maximum atomic E-state index is 5.75. The van der Waals surface area contributed by atoms with Crippen LogP contribution in [0.3, 0.4) is 0 Å². The van der Waals surface area contributed by atoms with Gasteiger partial charge < -0.3 is 10.1 Å². The molecule has 0 aliphatic rings. The fourth-order valence-electron chi connectivity index (χ4n) is 1.70. The van der Waals surface area contributed by atoms with Crippen molar-refractivity contribution in [2.45, 2.75) is 46.6 Å². The molecule has 1 rings (SSSR count). The van der Waals surface area contributed by atoms with E-state index in [0.717, 1.165) is 18.7 Å². The minimum Gasteiger partial charge on any atom is -0.492 e. The Morgan fingerprint density at radius 2 is 1.71 bits per heavy atom. The standard InChI is InChI=1S/C15H25NO/c1-6-15(4,5)16-7-8-17-14-10-12(2)9-13(3)11-14/h9-11,16H,6-8H2,1-5H3. The highest BCUT2D eigenvalue weighted by Gasteiger charge is 2.12. The van der Waals surface area contributed by atoms with E-state index >= 15 is 0 Å². The lowest BCUT2D eigenvalue weighted by Crippen LogP contribution is -2.40. The SMILES string of the molecule is CCC(C)(C)NCCOc1cc(C)cc(C)c1. The second-order valence-electron chi connectivity index (χ2n) is 5.34. The zero-order valence-corrected chi connectivity index (χ0v) is 11.8. The Hall–Kier alpha value is -1.02. The predicted molar refractivity (Wildman–Crippen MR) is 73.8 cm³/mol. The summed E-state index contributed by atoms with van der Waals surface area (Å²) in [5.41, 5.74) is 2.70. The number of hydrogen-bond acceptors (Lipinski definition) is 2. The second-order valence-corrected chi connectivity index (χ2v) is 5.34. The molecule has 0 spiro atoms. The van der Waals surface area contributed by atoms with Crippen LogP contribution in [0, 0.1) is 13.8 Å². The number of benzene rings is 1. The molecule has 0 aliphatic carbocycles. The lowest BCUT2D eigenvalue weighted by atomic mass is 10.0. The molecule has 1 aromatic rings. The van der Waals surface area contributed by atoms with Crippen LogP contribution in [-0.2, 0) is 0 Å². The lowest BCUT2D eigenvalue weighted by Gasteiger charge is -2.24. The van der Waals surface area contributed by atoms with Gasteiger partial charge in [0.05, 0.1) is 0 Å². The van der Waals surface area contributed by atoms with E-state index in [9.17, 15) is 0 Å². The summed E-state index contributed by atoms with van der Waals surface area (Å²) in [6.07, 6.45) is 1.12. The Morgan fingerprint density at radius 3 is 2.24 bits per heavy atom. The van der Waals surface area contributed by atoms with Crippen molar-refractivity contribution >= 4 is 0 Å². The molecule has 1 aromatic carbocycles. The molecule has 0 atom stereocenters. The van der Waals surface area contributed by atoms with Crippen molar-refractivity contribution in [2.75, 3.05) is 13.2 Å². The smallest absolute Gasteiger partial charge is 0.119 e. The summed E-state index contributed by atoms with van der Waals surface area (Å²) < 4.78 is 5.75. The van der Waals surface area contributed by atoms with Crippen LogP contribution in [0.4, 0.5) is 0 Å². The Balaban J connectivity index is 2.36. The van der Waals surface area contributed by atoms with Crippen LogP contribution in [0.15, 0.2) is 18.2 Å². The molecule has 0 fully saturated rings. The molecule has 2 nitrogen and oxygen atoms in total. The average molecular weight is 235 g/mol. The molecular formula is C15H25NO. The topological polar surface area (TPSA) is 21.3 Å². The summed E-state index contributed by atoms with van der Waals surface area (Å²) in [5.74, 6) is 0.971. The largest absolute Gasteiger partial charge is 0.492 e. The predicted octanol–water partition coefficient (Wildman–Crippen LogP) is 3.46. The number of aryl methyl sites for hydroxylation is 2. The minimum absolute atomic E-state index is 0.200. The third-order valence-electron chi connectivity index (χ3n) is 3.05. The molecule has 0 unspecified atom stereocenters. The van der Waals surface area contributed by atoms with E-state index in [1.165, 1.54) is 11.1 Å². The quantitative estimate of drug-likeness (QED) is 0.762. The summed E-state index contributed by atoms with van der Waals surface area (Å²) in [7, 11) is 0. The van der Waals surface area contributed by atoms with Gasteiger partial charge in [0.15, 0.2) is 0 Å². The maximum absolute atomic E-state index is 5.75. The van der Waals surface area contributed by atoms with E-state index < -0.39 is 0 Å². The highest BCUT2D eigenvalue weighted by molar-refractivity contribution is 5.32. The molecule has 0 amide bonds. The fraction of sp³-hybridized carbons (Fsp3) is 0.600. The molecule has 1 N–H and O–H groups in total. The van der Waals surface area contributed by atoms with E-state index in [2.05, 4.69) is 58.1 Å². The third kappa shape index (κ3) is 5.22. The number of hydrogen-bond donors (Lipinski definition) is 1. The van der Waals surface area contributed by atoms with Crippen molar-refractivity contribution < 1.29 is 4.74 Å². The van der Waals surface area contributed by atoms with E-state index in [4.69, 9.17) is 4.74 Å². The van der Waals surface area contributed by atoms with Gasteiger partial charge in [0.25, 0.3) is 0 Å². The molecule has 0 aliphatic heterocycles. The first-order valence-electron chi connectivity index (χ1n) is 6.39. The molecule has 2 heteroatoms.